The van der Waals surface area contributed by atoms with Crippen LogP contribution in [0.5, 0.6) is 0 Å². The lowest BCUT2D eigenvalue weighted by Crippen LogP contribution is -2.37. The fraction of sp³-hybridized carbons (Fsp3) is 0.353. The third-order valence-electron chi connectivity index (χ3n) is 4.19. The predicted molar refractivity (Wildman–Crippen MR) is 79.4 cm³/mol. The van der Waals surface area contributed by atoms with Gasteiger partial charge < -0.3 is 5.11 Å². The zero-order valence-electron chi connectivity index (χ0n) is 11.8. The SMILES string of the molecule is Cc1ncccc1CN1CCc2ccccc2C1CO. The van der Waals surface area contributed by atoms with Crippen molar-refractivity contribution in [3.63, 3.8) is 0 Å². The van der Waals surface area contributed by atoms with Gasteiger partial charge in [-0.25, -0.2) is 0 Å². The molecule has 3 nitrogen and oxygen atoms in total. The van der Waals surface area contributed by atoms with Crippen molar-refractivity contribution in [2.75, 3.05) is 13.2 Å². The first-order valence-corrected chi connectivity index (χ1v) is 7.13. The van der Waals surface area contributed by atoms with Crippen molar-refractivity contribution in [3.05, 3.63) is 65.0 Å². The van der Waals surface area contributed by atoms with Gasteiger partial charge in [0, 0.05) is 25.0 Å². The zero-order valence-corrected chi connectivity index (χ0v) is 11.8. The molecule has 1 aromatic heterocycles. The summed E-state index contributed by atoms with van der Waals surface area (Å²) in [5, 5.41) is 9.80. The average molecular weight is 268 g/mol. The standard InChI is InChI=1S/C17H20N2O/c1-13-15(6-4-9-18-13)11-19-10-8-14-5-2-3-7-16(14)17(19)12-20/h2-7,9,17,20H,8,10-12H2,1H3. The Labute approximate surface area is 119 Å². The maximum absolute atomic E-state index is 9.80. The van der Waals surface area contributed by atoms with Crippen molar-refractivity contribution in [1.29, 1.82) is 0 Å². The van der Waals surface area contributed by atoms with Gasteiger partial charge in [0.15, 0.2) is 0 Å². The normalized spacial score (nSPS) is 18.8. The number of hydrogen-bond acceptors (Lipinski definition) is 3. The van der Waals surface area contributed by atoms with E-state index in [4.69, 9.17) is 0 Å². The van der Waals surface area contributed by atoms with Crippen LogP contribution in [-0.2, 0) is 13.0 Å². The molecule has 104 valence electrons. The van der Waals surface area contributed by atoms with Crippen LogP contribution in [0.1, 0.15) is 28.4 Å². The molecular weight excluding hydrogens is 248 g/mol. The molecular formula is C17H20N2O. The summed E-state index contributed by atoms with van der Waals surface area (Å²) in [4.78, 5) is 6.70. The first-order valence-electron chi connectivity index (χ1n) is 7.13. The van der Waals surface area contributed by atoms with Gasteiger partial charge in [0.05, 0.1) is 12.6 Å². The third-order valence-corrected chi connectivity index (χ3v) is 4.19. The number of fused-ring (bicyclic) bond motifs is 1. The van der Waals surface area contributed by atoms with Gasteiger partial charge in [0.2, 0.25) is 0 Å². The van der Waals surface area contributed by atoms with E-state index in [1.165, 1.54) is 16.7 Å². The lowest BCUT2D eigenvalue weighted by Gasteiger charge is -2.36. The van der Waals surface area contributed by atoms with Gasteiger partial charge in [-0.05, 0) is 36.1 Å². The minimum atomic E-state index is 0.0968. The molecule has 0 fully saturated rings. The number of aliphatic hydroxyl groups excluding tert-OH is 1. The molecule has 0 radical (unpaired) electrons. The van der Waals surface area contributed by atoms with Crippen molar-refractivity contribution in [3.8, 4) is 0 Å². The van der Waals surface area contributed by atoms with E-state index < -0.39 is 0 Å². The minimum Gasteiger partial charge on any atom is -0.394 e. The first kappa shape index (κ1) is 13.3. The Balaban J connectivity index is 1.87. The van der Waals surface area contributed by atoms with Crippen LogP contribution in [0.3, 0.4) is 0 Å². The number of hydrogen-bond donors (Lipinski definition) is 1. The van der Waals surface area contributed by atoms with Crippen molar-refractivity contribution in [2.24, 2.45) is 0 Å². The maximum Gasteiger partial charge on any atom is 0.0628 e. The second kappa shape index (κ2) is 5.73. The van der Waals surface area contributed by atoms with Crippen LogP contribution < -0.4 is 0 Å². The molecule has 0 spiro atoms. The number of rotatable bonds is 3. The average Bonchev–Trinajstić information content (AvgIpc) is 2.49. The van der Waals surface area contributed by atoms with Gasteiger partial charge in [0.1, 0.15) is 0 Å². The molecule has 0 saturated heterocycles. The number of aryl methyl sites for hydroxylation is 1. The smallest absolute Gasteiger partial charge is 0.0628 e. The van der Waals surface area contributed by atoms with Crippen molar-refractivity contribution < 1.29 is 5.11 Å². The molecule has 3 rings (SSSR count). The summed E-state index contributed by atoms with van der Waals surface area (Å²) < 4.78 is 0. The molecule has 1 aliphatic heterocycles. The summed E-state index contributed by atoms with van der Waals surface area (Å²) in [6.07, 6.45) is 2.87. The monoisotopic (exact) mass is 268 g/mol. The highest BCUT2D eigenvalue weighted by atomic mass is 16.3. The van der Waals surface area contributed by atoms with Gasteiger partial charge in [-0.15, -0.1) is 0 Å². The fourth-order valence-corrected chi connectivity index (χ4v) is 3.01. The van der Waals surface area contributed by atoms with Gasteiger partial charge in [-0.3, -0.25) is 9.88 Å². The van der Waals surface area contributed by atoms with E-state index in [0.29, 0.717) is 0 Å². The van der Waals surface area contributed by atoms with Crippen LogP contribution >= 0.6 is 0 Å². The highest BCUT2D eigenvalue weighted by molar-refractivity contribution is 5.33. The van der Waals surface area contributed by atoms with Gasteiger partial charge in [-0.1, -0.05) is 30.3 Å². The summed E-state index contributed by atoms with van der Waals surface area (Å²) in [5.41, 5.74) is 4.95. The number of pyridine rings is 1. The molecule has 2 aromatic rings. The second-order valence-electron chi connectivity index (χ2n) is 5.37. The lowest BCUT2D eigenvalue weighted by atomic mass is 9.92. The molecule has 0 amide bonds. The molecule has 1 aromatic carbocycles. The Morgan fingerprint density at radius 1 is 1.25 bits per heavy atom. The zero-order chi connectivity index (χ0) is 13.9. The third kappa shape index (κ3) is 2.47. The van der Waals surface area contributed by atoms with Crippen LogP contribution in [0, 0.1) is 6.92 Å². The largest absolute Gasteiger partial charge is 0.394 e. The molecule has 0 aliphatic carbocycles. The van der Waals surface area contributed by atoms with Crippen LogP contribution in [0.15, 0.2) is 42.6 Å². The van der Waals surface area contributed by atoms with Crippen molar-refractivity contribution in [2.45, 2.75) is 25.9 Å². The van der Waals surface area contributed by atoms with Gasteiger partial charge >= 0.3 is 0 Å². The van der Waals surface area contributed by atoms with E-state index in [1.807, 2.05) is 19.2 Å². The molecule has 0 saturated carbocycles. The summed E-state index contributed by atoms with van der Waals surface area (Å²) in [6, 6.07) is 12.6. The van der Waals surface area contributed by atoms with E-state index in [-0.39, 0.29) is 12.6 Å². The van der Waals surface area contributed by atoms with E-state index in [0.717, 1.165) is 25.2 Å². The van der Waals surface area contributed by atoms with E-state index in [1.54, 1.807) is 0 Å². The van der Waals surface area contributed by atoms with Crippen molar-refractivity contribution >= 4 is 0 Å². The summed E-state index contributed by atoms with van der Waals surface area (Å²) in [5.74, 6) is 0. The Bertz CT molecular complexity index is 597. The summed E-state index contributed by atoms with van der Waals surface area (Å²) >= 11 is 0. The molecule has 1 aliphatic rings. The Morgan fingerprint density at radius 2 is 2.10 bits per heavy atom. The van der Waals surface area contributed by atoms with Crippen molar-refractivity contribution in [1.82, 2.24) is 9.88 Å². The van der Waals surface area contributed by atoms with Crippen LogP contribution in [0.2, 0.25) is 0 Å². The quantitative estimate of drug-likeness (QED) is 0.929. The van der Waals surface area contributed by atoms with Crippen LogP contribution in [-0.4, -0.2) is 28.1 Å². The van der Waals surface area contributed by atoms with E-state index in [2.05, 4.69) is 40.2 Å². The van der Waals surface area contributed by atoms with Crippen LogP contribution in [0.25, 0.3) is 0 Å². The van der Waals surface area contributed by atoms with E-state index in [9.17, 15) is 5.11 Å². The van der Waals surface area contributed by atoms with E-state index >= 15 is 0 Å². The van der Waals surface area contributed by atoms with Crippen LogP contribution in [0.4, 0.5) is 0 Å². The Kier molecular flexibility index (Phi) is 3.81. The molecule has 20 heavy (non-hydrogen) atoms. The Hall–Kier alpha value is -1.71. The number of nitrogens with zero attached hydrogens (tertiary/aromatic N) is 2. The Morgan fingerprint density at radius 3 is 2.90 bits per heavy atom. The fourth-order valence-electron chi connectivity index (χ4n) is 3.01. The molecule has 1 unspecified atom stereocenters. The first-order chi connectivity index (χ1) is 9.79. The molecule has 2 heterocycles. The summed E-state index contributed by atoms with van der Waals surface area (Å²) in [7, 11) is 0. The molecule has 1 atom stereocenters. The topological polar surface area (TPSA) is 36.4 Å². The highest BCUT2D eigenvalue weighted by Crippen LogP contribution is 2.30. The minimum absolute atomic E-state index is 0.0968. The molecule has 3 heteroatoms. The predicted octanol–water partition coefficient (Wildman–Crippen LogP) is 2.48. The lowest BCUT2D eigenvalue weighted by molar-refractivity contribution is 0.108. The number of benzene rings is 1. The number of aromatic nitrogens is 1. The molecule has 1 N–H and O–H groups in total. The maximum atomic E-state index is 9.80. The van der Waals surface area contributed by atoms with Gasteiger partial charge in [0.25, 0.3) is 0 Å². The highest BCUT2D eigenvalue weighted by Gasteiger charge is 2.26. The van der Waals surface area contributed by atoms with Gasteiger partial charge in [-0.2, -0.15) is 0 Å². The summed E-state index contributed by atoms with van der Waals surface area (Å²) in [6.45, 7) is 4.04. The number of aliphatic hydroxyl groups is 1. The second-order valence-corrected chi connectivity index (χ2v) is 5.37. The molecule has 0 bridgehead atoms.